The topological polar surface area (TPSA) is 67.2 Å². The first-order valence-corrected chi connectivity index (χ1v) is 7.01. The Labute approximate surface area is 114 Å². The van der Waals surface area contributed by atoms with Crippen molar-refractivity contribution in [2.75, 3.05) is 0 Å². The van der Waals surface area contributed by atoms with Crippen LogP contribution in [0.15, 0.2) is 18.7 Å². The van der Waals surface area contributed by atoms with E-state index in [1.807, 2.05) is 24.6 Å². The summed E-state index contributed by atoms with van der Waals surface area (Å²) < 4.78 is 2.01. The zero-order chi connectivity index (χ0) is 13.9. The molecule has 106 valence electrons. The molecule has 0 radical (unpaired) electrons. The van der Waals surface area contributed by atoms with Gasteiger partial charge < -0.3 is 9.67 Å². The monoisotopic (exact) mass is 265 g/mol. The van der Waals surface area contributed by atoms with E-state index in [-0.39, 0.29) is 12.0 Å². The van der Waals surface area contributed by atoms with Crippen LogP contribution in [0.2, 0.25) is 0 Å². The van der Waals surface area contributed by atoms with Gasteiger partial charge in [0, 0.05) is 25.0 Å². The molecule has 5 heteroatoms. The third kappa shape index (κ3) is 2.97. The van der Waals surface area contributed by atoms with Gasteiger partial charge >= 0.3 is 5.97 Å². The number of imidazole rings is 1. The molecule has 2 atom stereocenters. The van der Waals surface area contributed by atoms with Crippen LogP contribution in [0.1, 0.15) is 39.5 Å². The summed E-state index contributed by atoms with van der Waals surface area (Å²) >= 11 is 0. The van der Waals surface area contributed by atoms with Crippen molar-refractivity contribution in [3.63, 3.8) is 0 Å². The maximum Gasteiger partial charge on any atom is 0.324 e. The van der Waals surface area contributed by atoms with Crippen molar-refractivity contribution in [3.8, 4) is 0 Å². The van der Waals surface area contributed by atoms with Gasteiger partial charge in [-0.05, 0) is 39.0 Å². The number of aliphatic carboxylic acids is 1. The van der Waals surface area contributed by atoms with E-state index in [1.165, 1.54) is 0 Å². The van der Waals surface area contributed by atoms with Gasteiger partial charge in [0.25, 0.3) is 0 Å². The minimum atomic E-state index is -0.741. The first-order valence-electron chi connectivity index (χ1n) is 7.01. The standard InChI is InChI=1S/C14H23N3O2/c1-11(2)16-14(13(18)19)6-3-4-12(14)5-8-17-9-7-15-10-17/h7,9-12,16H,3-6,8H2,1-2H3,(H,18,19). The Morgan fingerprint density at radius 3 is 3.00 bits per heavy atom. The number of rotatable bonds is 6. The van der Waals surface area contributed by atoms with Gasteiger partial charge in [0.05, 0.1) is 6.33 Å². The normalized spacial score (nSPS) is 27.0. The first-order chi connectivity index (χ1) is 9.04. The molecule has 0 aliphatic heterocycles. The van der Waals surface area contributed by atoms with E-state index in [1.54, 1.807) is 12.5 Å². The highest BCUT2D eigenvalue weighted by Crippen LogP contribution is 2.39. The smallest absolute Gasteiger partial charge is 0.324 e. The lowest BCUT2D eigenvalue weighted by atomic mass is 9.84. The van der Waals surface area contributed by atoms with E-state index < -0.39 is 11.5 Å². The molecule has 19 heavy (non-hydrogen) atoms. The molecule has 1 aromatic rings. The van der Waals surface area contributed by atoms with E-state index in [9.17, 15) is 9.90 Å². The molecule has 0 saturated heterocycles. The molecule has 0 aromatic carbocycles. The Hall–Kier alpha value is -1.36. The van der Waals surface area contributed by atoms with E-state index in [2.05, 4.69) is 10.3 Å². The average molecular weight is 265 g/mol. The number of carbonyl (C=O) groups is 1. The van der Waals surface area contributed by atoms with Crippen molar-refractivity contribution >= 4 is 5.97 Å². The van der Waals surface area contributed by atoms with Crippen molar-refractivity contribution in [2.45, 2.75) is 57.7 Å². The second-order valence-corrected chi connectivity index (χ2v) is 5.75. The summed E-state index contributed by atoms with van der Waals surface area (Å²) in [6.45, 7) is 4.85. The van der Waals surface area contributed by atoms with Gasteiger partial charge in [0.15, 0.2) is 0 Å². The van der Waals surface area contributed by atoms with Crippen LogP contribution in [0.5, 0.6) is 0 Å². The Bertz CT molecular complexity index is 416. The van der Waals surface area contributed by atoms with E-state index in [4.69, 9.17) is 0 Å². The third-order valence-electron chi connectivity index (χ3n) is 4.04. The number of hydrogen-bond acceptors (Lipinski definition) is 3. The van der Waals surface area contributed by atoms with E-state index >= 15 is 0 Å². The molecule has 0 amide bonds. The summed E-state index contributed by atoms with van der Waals surface area (Å²) in [7, 11) is 0. The lowest BCUT2D eigenvalue weighted by molar-refractivity contribution is -0.147. The summed E-state index contributed by atoms with van der Waals surface area (Å²) in [4.78, 5) is 15.8. The zero-order valence-electron chi connectivity index (χ0n) is 11.7. The Kier molecular flexibility index (Phi) is 4.24. The minimum absolute atomic E-state index is 0.185. The second-order valence-electron chi connectivity index (χ2n) is 5.75. The fraction of sp³-hybridized carbons (Fsp3) is 0.714. The van der Waals surface area contributed by atoms with Crippen molar-refractivity contribution in [1.29, 1.82) is 0 Å². The van der Waals surface area contributed by atoms with Gasteiger partial charge in [-0.1, -0.05) is 6.42 Å². The fourth-order valence-corrected chi connectivity index (χ4v) is 3.24. The molecule has 2 N–H and O–H groups in total. The third-order valence-corrected chi connectivity index (χ3v) is 4.04. The average Bonchev–Trinajstić information content (AvgIpc) is 2.95. The summed E-state index contributed by atoms with van der Waals surface area (Å²) in [5.41, 5.74) is -0.741. The molecule has 1 aromatic heterocycles. The molecular formula is C14H23N3O2. The van der Waals surface area contributed by atoms with E-state index in [0.29, 0.717) is 0 Å². The second kappa shape index (κ2) is 5.74. The molecule has 1 aliphatic rings. The van der Waals surface area contributed by atoms with Crippen LogP contribution in [0, 0.1) is 5.92 Å². The molecule has 0 spiro atoms. The van der Waals surface area contributed by atoms with Crippen LogP contribution in [0.25, 0.3) is 0 Å². The molecule has 1 aliphatic carbocycles. The highest BCUT2D eigenvalue weighted by Gasteiger charge is 2.48. The predicted octanol–water partition coefficient (Wildman–Crippen LogP) is 1.89. The van der Waals surface area contributed by atoms with Crippen molar-refractivity contribution in [2.24, 2.45) is 5.92 Å². The van der Waals surface area contributed by atoms with Crippen molar-refractivity contribution in [1.82, 2.24) is 14.9 Å². The van der Waals surface area contributed by atoms with Crippen molar-refractivity contribution < 1.29 is 9.90 Å². The number of aryl methyl sites for hydroxylation is 1. The highest BCUT2D eigenvalue weighted by molar-refractivity contribution is 5.79. The number of hydrogen-bond donors (Lipinski definition) is 2. The first kappa shape index (κ1) is 14.1. The minimum Gasteiger partial charge on any atom is -0.480 e. The molecule has 1 saturated carbocycles. The summed E-state index contributed by atoms with van der Waals surface area (Å²) in [5, 5.41) is 13.0. The van der Waals surface area contributed by atoms with E-state index in [0.717, 1.165) is 32.2 Å². The Morgan fingerprint density at radius 2 is 2.42 bits per heavy atom. The molecule has 1 fully saturated rings. The van der Waals surface area contributed by atoms with Crippen LogP contribution < -0.4 is 5.32 Å². The number of aromatic nitrogens is 2. The SMILES string of the molecule is CC(C)NC1(C(=O)O)CCCC1CCn1ccnc1. The molecule has 1 heterocycles. The summed E-state index contributed by atoms with van der Waals surface area (Å²) in [6, 6.07) is 0.185. The van der Waals surface area contributed by atoms with Gasteiger partial charge in [0.2, 0.25) is 0 Å². The number of carboxylic acids is 1. The summed E-state index contributed by atoms with van der Waals surface area (Å²) in [5.74, 6) is -0.510. The quantitative estimate of drug-likeness (QED) is 0.824. The maximum absolute atomic E-state index is 11.7. The maximum atomic E-state index is 11.7. The molecule has 5 nitrogen and oxygen atoms in total. The Morgan fingerprint density at radius 1 is 1.63 bits per heavy atom. The number of carboxylic acid groups (broad SMARTS) is 1. The molecule has 2 rings (SSSR count). The predicted molar refractivity (Wildman–Crippen MR) is 72.8 cm³/mol. The van der Waals surface area contributed by atoms with Crippen LogP contribution >= 0.6 is 0 Å². The molecule has 2 unspecified atom stereocenters. The van der Waals surface area contributed by atoms with Crippen LogP contribution in [-0.4, -0.2) is 32.2 Å². The number of nitrogens with one attached hydrogen (secondary N) is 1. The lowest BCUT2D eigenvalue weighted by Crippen LogP contribution is -2.57. The number of nitrogens with zero attached hydrogens (tertiary/aromatic N) is 2. The van der Waals surface area contributed by atoms with Crippen molar-refractivity contribution in [3.05, 3.63) is 18.7 Å². The van der Waals surface area contributed by atoms with Crippen LogP contribution in [0.3, 0.4) is 0 Å². The lowest BCUT2D eigenvalue weighted by Gasteiger charge is -2.34. The molecular weight excluding hydrogens is 242 g/mol. The fourth-order valence-electron chi connectivity index (χ4n) is 3.24. The Balaban J connectivity index is 2.06. The van der Waals surface area contributed by atoms with Crippen LogP contribution in [0.4, 0.5) is 0 Å². The molecule has 0 bridgehead atoms. The highest BCUT2D eigenvalue weighted by atomic mass is 16.4. The van der Waals surface area contributed by atoms with Gasteiger partial charge in [-0.15, -0.1) is 0 Å². The largest absolute Gasteiger partial charge is 0.480 e. The van der Waals surface area contributed by atoms with Gasteiger partial charge in [0.1, 0.15) is 5.54 Å². The zero-order valence-corrected chi connectivity index (χ0v) is 11.7. The van der Waals surface area contributed by atoms with Crippen LogP contribution in [-0.2, 0) is 11.3 Å². The van der Waals surface area contributed by atoms with Gasteiger partial charge in [-0.2, -0.15) is 0 Å². The van der Waals surface area contributed by atoms with Gasteiger partial charge in [-0.25, -0.2) is 4.98 Å². The van der Waals surface area contributed by atoms with Gasteiger partial charge in [-0.3, -0.25) is 10.1 Å². The summed E-state index contributed by atoms with van der Waals surface area (Å²) in [6.07, 6.45) is 9.05.